The van der Waals surface area contributed by atoms with E-state index in [4.69, 9.17) is 9.97 Å². The molecule has 4 heterocycles. The smallest absolute Gasteiger partial charge is 0.162 e. The monoisotopic (exact) mass is 393 g/mol. The number of hydrogen-bond acceptors (Lipinski definition) is 6. The van der Waals surface area contributed by atoms with Gasteiger partial charge in [-0.25, -0.2) is 4.98 Å². The minimum absolute atomic E-state index is 0.160. The molecule has 5 rings (SSSR count). The Bertz CT molecular complexity index is 881. The van der Waals surface area contributed by atoms with Crippen LogP contribution < -0.4 is 5.32 Å². The number of hydrogen-bond donors (Lipinski definition) is 1. The lowest BCUT2D eigenvalue weighted by Gasteiger charge is -2.39. The van der Waals surface area contributed by atoms with Gasteiger partial charge in [0.05, 0.1) is 17.4 Å². The standard InChI is InChI=1S/C22H31N7/c1-26-11-13-28(14-12-26)22-24-10-8-20-25-18(16-29(20)22)15-27(2)19-7-3-5-17-6-4-9-23-21(17)19/h4,6,8-10,16,19,22,24H,3,5,7,11-15H2,1-2H3/t19-,22?/m0/s1. The number of nitrogens with zero attached hydrogens (tertiary/aromatic N) is 6. The van der Waals surface area contributed by atoms with Gasteiger partial charge >= 0.3 is 0 Å². The van der Waals surface area contributed by atoms with Crippen LogP contribution in [0.3, 0.4) is 0 Å². The third-order valence-electron chi connectivity index (χ3n) is 6.54. The Balaban J connectivity index is 1.33. The maximum Gasteiger partial charge on any atom is 0.162 e. The molecule has 1 fully saturated rings. The molecule has 3 aliphatic rings. The van der Waals surface area contributed by atoms with Crippen molar-refractivity contribution in [2.75, 3.05) is 40.3 Å². The molecule has 2 aliphatic heterocycles. The van der Waals surface area contributed by atoms with Crippen molar-refractivity contribution in [3.8, 4) is 0 Å². The van der Waals surface area contributed by atoms with E-state index in [-0.39, 0.29) is 6.29 Å². The van der Waals surface area contributed by atoms with Crippen molar-refractivity contribution in [3.63, 3.8) is 0 Å². The van der Waals surface area contributed by atoms with E-state index in [0.717, 1.165) is 50.7 Å². The van der Waals surface area contributed by atoms with Gasteiger partial charge in [-0.3, -0.25) is 19.4 Å². The minimum Gasteiger partial charge on any atom is -0.359 e. The molecule has 2 aromatic heterocycles. The summed E-state index contributed by atoms with van der Waals surface area (Å²) in [6.07, 6.45) is 12.0. The molecule has 7 heteroatoms. The highest BCUT2D eigenvalue weighted by Crippen LogP contribution is 2.33. The summed E-state index contributed by atoms with van der Waals surface area (Å²) in [6, 6.07) is 4.66. The van der Waals surface area contributed by atoms with E-state index in [1.54, 1.807) is 0 Å². The third-order valence-corrected chi connectivity index (χ3v) is 6.54. The van der Waals surface area contributed by atoms with E-state index >= 15 is 0 Å². The van der Waals surface area contributed by atoms with Gasteiger partial charge in [0.25, 0.3) is 0 Å². The predicted molar refractivity (Wildman–Crippen MR) is 114 cm³/mol. The first-order valence-corrected chi connectivity index (χ1v) is 10.8. The van der Waals surface area contributed by atoms with Crippen LogP contribution >= 0.6 is 0 Å². The molecule has 0 spiro atoms. The Kier molecular flexibility index (Phi) is 5.11. The molecule has 29 heavy (non-hydrogen) atoms. The molecule has 154 valence electrons. The zero-order valence-electron chi connectivity index (χ0n) is 17.5. The summed E-state index contributed by atoms with van der Waals surface area (Å²) in [5.41, 5.74) is 3.78. The molecule has 2 atom stereocenters. The van der Waals surface area contributed by atoms with Crippen LogP contribution in [0.2, 0.25) is 0 Å². The predicted octanol–water partition coefficient (Wildman–Crippen LogP) is 2.06. The third kappa shape index (κ3) is 3.70. The Labute approximate surface area is 173 Å². The van der Waals surface area contributed by atoms with Gasteiger partial charge in [-0.2, -0.15) is 0 Å². The summed E-state index contributed by atoms with van der Waals surface area (Å²) >= 11 is 0. The van der Waals surface area contributed by atoms with Gasteiger partial charge in [0.15, 0.2) is 6.29 Å². The Morgan fingerprint density at radius 1 is 1.24 bits per heavy atom. The number of pyridine rings is 1. The number of fused-ring (bicyclic) bond motifs is 2. The highest BCUT2D eigenvalue weighted by atomic mass is 15.4. The van der Waals surface area contributed by atoms with E-state index in [1.807, 2.05) is 12.4 Å². The van der Waals surface area contributed by atoms with Gasteiger partial charge in [0, 0.05) is 51.3 Å². The van der Waals surface area contributed by atoms with Crippen LogP contribution in [0.5, 0.6) is 0 Å². The average molecular weight is 394 g/mol. The van der Waals surface area contributed by atoms with Crippen molar-refractivity contribution >= 4 is 6.08 Å². The van der Waals surface area contributed by atoms with Crippen molar-refractivity contribution < 1.29 is 0 Å². The number of rotatable bonds is 4. The van der Waals surface area contributed by atoms with Crippen LogP contribution in [0.15, 0.2) is 30.7 Å². The molecule has 0 saturated carbocycles. The van der Waals surface area contributed by atoms with Gasteiger partial charge < -0.3 is 10.2 Å². The maximum absolute atomic E-state index is 4.94. The lowest BCUT2D eigenvalue weighted by atomic mass is 9.91. The van der Waals surface area contributed by atoms with Crippen LogP contribution in [0.25, 0.3) is 6.08 Å². The van der Waals surface area contributed by atoms with Crippen LogP contribution in [-0.2, 0) is 13.0 Å². The minimum atomic E-state index is 0.160. The fourth-order valence-corrected chi connectivity index (χ4v) is 4.87. The van der Waals surface area contributed by atoms with E-state index in [2.05, 4.69) is 63.1 Å². The number of piperazine rings is 1. The second-order valence-electron chi connectivity index (χ2n) is 8.58. The number of aryl methyl sites for hydroxylation is 1. The summed E-state index contributed by atoms with van der Waals surface area (Å²) in [7, 11) is 4.40. The second kappa shape index (κ2) is 7.89. The topological polar surface area (TPSA) is 52.5 Å². The summed E-state index contributed by atoms with van der Waals surface area (Å²) in [4.78, 5) is 17.0. The fourth-order valence-electron chi connectivity index (χ4n) is 4.87. The first kappa shape index (κ1) is 18.8. The van der Waals surface area contributed by atoms with Crippen molar-refractivity contribution in [1.29, 1.82) is 0 Å². The Morgan fingerprint density at radius 2 is 2.10 bits per heavy atom. The van der Waals surface area contributed by atoms with Crippen molar-refractivity contribution in [3.05, 3.63) is 53.5 Å². The summed E-state index contributed by atoms with van der Waals surface area (Å²) in [5.74, 6) is 1.04. The molecule has 1 unspecified atom stereocenters. The van der Waals surface area contributed by atoms with Crippen LogP contribution in [0, 0.1) is 0 Å². The van der Waals surface area contributed by atoms with Crippen molar-refractivity contribution in [2.45, 2.75) is 38.1 Å². The molecule has 0 amide bonds. The maximum atomic E-state index is 4.94. The van der Waals surface area contributed by atoms with E-state index in [1.165, 1.54) is 24.1 Å². The molecule has 2 aromatic rings. The first-order valence-electron chi connectivity index (χ1n) is 10.8. The molecular formula is C22H31N7. The molecule has 1 aliphatic carbocycles. The summed E-state index contributed by atoms with van der Waals surface area (Å²) in [6.45, 7) is 5.19. The van der Waals surface area contributed by atoms with Gasteiger partial charge in [0.1, 0.15) is 5.82 Å². The Morgan fingerprint density at radius 3 is 2.97 bits per heavy atom. The van der Waals surface area contributed by atoms with E-state index < -0.39 is 0 Å². The second-order valence-corrected chi connectivity index (χ2v) is 8.58. The van der Waals surface area contributed by atoms with Gasteiger partial charge in [-0.05, 0) is 51.1 Å². The molecular weight excluding hydrogens is 362 g/mol. The summed E-state index contributed by atoms with van der Waals surface area (Å²) in [5, 5.41) is 3.53. The fraction of sp³-hybridized carbons (Fsp3) is 0.545. The van der Waals surface area contributed by atoms with Gasteiger partial charge in [-0.1, -0.05) is 6.07 Å². The lowest BCUT2D eigenvalue weighted by molar-refractivity contribution is 0.0620. The molecule has 0 radical (unpaired) electrons. The van der Waals surface area contributed by atoms with Crippen LogP contribution in [0.4, 0.5) is 0 Å². The van der Waals surface area contributed by atoms with Gasteiger partial charge in [0.2, 0.25) is 0 Å². The Hall–Kier alpha value is -2.22. The van der Waals surface area contributed by atoms with E-state index in [9.17, 15) is 0 Å². The van der Waals surface area contributed by atoms with Crippen LogP contribution in [-0.4, -0.2) is 69.5 Å². The molecule has 1 saturated heterocycles. The van der Waals surface area contributed by atoms with Crippen molar-refractivity contribution in [1.82, 2.24) is 34.6 Å². The molecule has 0 bridgehead atoms. The molecule has 7 nitrogen and oxygen atoms in total. The molecule has 0 aromatic carbocycles. The van der Waals surface area contributed by atoms with Crippen LogP contribution in [0.1, 0.15) is 47.9 Å². The summed E-state index contributed by atoms with van der Waals surface area (Å²) < 4.78 is 2.29. The number of imidazole rings is 1. The average Bonchev–Trinajstić information content (AvgIpc) is 3.16. The normalized spacial score (nSPS) is 24.9. The SMILES string of the molecule is CN1CCN(C2NC=Cc3nc(CN(C)[C@H]4CCCc5cccnc54)cn32)CC1. The lowest BCUT2D eigenvalue weighted by Crippen LogP contribution is -2.51. The number of likely N-dealkylation sites (N-methyl/N-ethyl adjacent to an activating group) is 1. The largest absolute Gasteiger partial charge is 0.359 e. The highest BCUT2D eigenvalue weighted by Gasteiger charge is 2.28. The first-order chi connectivity index (χ1) is 14.2. The zero-order chi connectivity index (χ0) is 19.8. The number of aromatic nitrogens is 3. The quantitative estimate of drug-likeness (QED) is 0.858. The van der Waals surface area contributed by atoms with E-state index in [0.29, 0.717) is 6.04 Å². The van der Waals surface area contributed by atoms with Crippen molar-refractivity contribution in [2.24, 2.45) is 0 Å². The highest BCUT2D eigenvalue weighted by molar-refractivity contribution is 5.43. The number of nitrogens with one attached hydrogen (secondary N) is 1. The van der Waals surface area contributed by atoms with Gasteiger partial charge in [-0.15, -0.1) is 0 Å². The molecule has 1 N–H and O–H groups in total. The zero-order valence-corrected chi connectivity index (χ0v) is 17.5.